The Morgan fingerprint density at radius 2 is 2.22 bits per heavy atom. The van der Waals surface area contributed by atoms with Crippen LogP contribution in [0.2, 0.25) is 5.02 Å². The summed E-state index contributed by atoms with van der Waals surface area (Å²) in [4.78, 5) is 16.4. The molecule has 0 N–H and O–H groups in total. The lowest BCUT2D eigenvalue weighted by Gasteiger charge is -2.05. The van der Waals surface area contributed by atoms with Crippen molar-refractivity contribution in [2.24, 2.45) is 0 Å². The zero-order chi connectivity index (χ0) is 13.3. The molecule has 0 bridgehead atoms. The van der Waals surface area contributed by atoms with E-state index in [1.165, 1.54) is 0 Å². The maximum Gasteiger partial charge on any atom is 0.357 e. The van der Waals surface area contributed by atoms with Crippen LogP contribution in [-0.2, 0) is 11.2 Å². The number of carbonyl (C=O) groups is 1. The van der Waals surface area contributed by atoms with Crippen LogP contribution in [0.1, 0.15) is 35.6 Å². The number of carbonyl (C=O) groups excluding carboxylic acids is 1. The third-order valence-corrected chi connectivity index (χ3v) is 3.17. The second-order valence-electron chi connectivity index (χ2n) is 4.01. The van der Waals surface area contributed by atoms with Crippen molar-refractivity contribution in [2.75, 3.05) is 6.61 Å². The van der Waals surface area contributed by atoms with E-state index in [1.807, 2.05) is 19.9 Å². The molecular formula is C13H15ClN2O2. The van der Waals surface area contributed by atoms with Gasteiger partial charge in [-0.2, -0.15) is 0 Å². The van der Waals surface area contributed by atoms with E-state index < -0.39 is 0 Å². The molecular weight excluding hydrogens is 252 g/mol. The highest BCUT2D eigenvalue weighted by Gasteiger charge is 2.19. The average molecular weight is 267 g/mol. The number of imidazole rings is 1. The number of hydrogen-bond acceptors (Lipinski definition) is 3. The van der Waals surface area contributed by atoms with Crippen molar-refractivity contribution in [3.05, 3.63) is 34.2 Å². The van der Waals surface area contributed by atoms with Gasteiger partial charge in [-0.05, 0) is 31.9 Å². The second kappa shape index (κ2) is 4.98. The summed E-state index contributed by atoms with van der Waals surface area (Å²) in [6.45, 7) is 5.99. The van der Waals surface area contributed by atoms with Crippen molar-refractivity contribution in [3.8, 4) is 0 Å². The minimum atomic E-state index is -0.359. The third kappa shape index (κ3) is 2.08. The normalized spacial score (nSPS) is 10.9. The molecule has 2 rings (SSSR count). The van der Waals surface area contributed by atoms with Crippen LogP contribution in [0.5, 0.6) is 0 Å². The van der Waals surface area contributed by atoms with Crippen LogP contribution in [0.4, 0.5) is 0 Å². The molecule has 0 aliphatic carbocycles. The van der Waals surface area contributed by atoms with Gasteiger partial charge in [0.2, 0.25) is 0 Å². The van der Waals surface area contributed by atoms with Crippen molar-refractivity contribution >= 4 is 23.2 Å². The van der Waals surface area contributed by atoms with Crippen LogP contribution in [0.3, 0.4) is 0 Å². The Labute approximate surface area is 111 Å². The third-order valence-electron chi connectivity index (χ3n) is 2.78. The molecule has 0 spiro atoms. The number of aryl methyl sites for hydroxylation is 2. The average Bonchev–Trinajstić information content (AvgIpc) is 2.68. The van der Waals surface area contributed by atoms with Crippen LogP contribution >= 0.6 is 11.6 Å². The summed E-state index contributed by atoms with van der Waals surface area (Å²) in [5, 5.41) is 0.605. The van der Waals surface area contributed by atoms with Gasteiger partial charge in [-0.3, -0.25) is 4.40 Å². The van der Waals surface area contributed by atoms with Gasteiger partial charge in [-0.15, -0.1) is 0 Å². The molecule has 5 heteroatoms. The van der Waals surface area contributed by atoms with Crippen LogP contribution in [0.25, 0.3) is 5.65 Å². The van der Waals surface area contributed by atoms with Gasteiger partial charge >= 0.3 is 5.97 Å². The van der Waals surface area contributed by atoms with Gasteiger partial charge in [0.05, 0.1) is 17.3 Å². The maximum atomic E-state index is 12.0. The van der Waals surface area contributed by atoms with Crippen molar-refractivity contribution in [1.29, 1.82) is 0 Å². The SMILES string of the molecule is CCOC(=O)c1c(CC)nc2cc(C)c(Cl)cn12. The molecule has 0 fully saturated rings. The van der Waals surface area contributed by atoms with Crippen molar-refractivity contribution < 1.29 is 9.53 Å². The number of rotatable bonds is 3. The summed E-state index contributed by atoms with van der Waals surface area (Å²) in [5.74, 6) is -0.359. The van der Waals surface area contributed by atoms with E-state index >= 15 is 0 Å². The van der Waals surface area contributed by atoms with Gasteiger partial charge in [0, 0.05) is 6.20 Å². The molecule has 0 aromatic carbocycles. The summed E-state index contributed by atoms with van der Waals surface area (Å²) in [7, 11) is 0. The van der Waals surface area contributed by atoms with Gasteiger partial charge in [-0.1, -0.05) is 18.5 Å². The lowest BCUT2D eigenvalue weighted by molar-refractivity contribution is 0.0517. The Kier molecular flexibility index (Phi) is 3.57. The number of halogens is 1. The zero-order valence-electron chi connectivity index (χ0n) is 10.7. The van der Waals surface area contributed by atoms with Gasteiger partial charge in [0.15, 0.2) is 5.69 Å². The van der Waals surface area contributed by atoms with Gasteiger partial charge < -0.3 is 4.74 Å². The number of aromatic nitrogens is 2. The lowest BCUT2D eigenvalue weighted by Crippen LogP contribution is -2.10. The van der Waals surface area contributed by atoms with Gasteiger partial charge in [-0.25, -0.2) is 9.78 Å². The fourth-order valence-corrected chi connectivity index (χ4v) is 2.02. The number of nitrogens with zero attached hydrogens (tertiary/aromatic N) is 2. The number of esters is 1. The summed E-state index contributed by atoms with van der Waals surface area (Å²) in [6.07, 6.45) is 2.39. The standard InChI is InChI=1S/C13H15ClN2O2/c1-4-10-12(13(17)18-5-2)16-7-9(14)8(3)6-11(16)15-10/h6-7H,4-5H2,1-3H3. The highest BCUT2D eigenvalue weighted by molar-refractivity contribution is 6.31. The van der Waals surface area contributed by atoms with Gasteiger partial charge in [0.25, 0.3) is 0 Å². The molecule has 2 aromatic rings. The predicted molar refractivity (Wildman–Crippen MR) is 70.3 cm³/mol. The first-order chi connectivity index (χ1) is 8.58. The van der Waals surface area contributed by atoms with E-state index in [9.17, 15) is 4.79 Å². The molecule has 18 heavy (non-hydrogen) atoms. The summed E-state index contributed by atoms with van der Waals surface area (Å²) >= 11 is 6.09. The first-order valence-corrected chi connectivity index (χ1v) is 6.30. The number of fused-ring (bicyclic) bond motifs is 1. The molecule has 0 unspecified atom stereocenters. The Balaban J connectivity index is 2.68. The van der Waals surface area contributed by atoms with Crippen LogP contribution in [0.15, 0.2) is 12.3 Å². The molecule has 0 radical (unpaired) electrons. The van der Waals surface area contributed by atoms with Gasteiger partial charge in [0.1, 0.15) is 5.65 Å². The first-order valence-electron chi connectivity index (χ1n) is 5.92. The molecule has 0 saturated heterocycles. The largest absolute Gasteiger partial charge is 0.461 e. The number of hydrogen-bond donors (Lipinski definition) is 0. The minimum Gasteiger partial charge on any atom is -0.461 e. The minimum absolute atomic E-state index is 0.342. The quantitative estimate of drug-likeness (QED) is 0.802. The number of ether oxygens (including phenoxy) is 1. The second-order valence-corrected chi connectivity index (χ2v) is 4.42. The fraction of sp³-hybridized carbons (Fsp3) is 0.385. The topological polar surface area (TPSA) is 43.6 Å². The summed E-state index contributed by atoms with van der Waals surface area (Å²) in [6, 6.07) is 1.87. The molecule has 0 saturated carbocycles. The Morgan fingerprint density at radius 1 is 1.50 bits per heavy atom. The van der Waals surface area contributed by atoms with E-state index in [4.69, 9.17) is 16.3 Å². The summed E-state index contributed by atoms with van der Waals surface area (Å²) in [5.41, 5.74) is 2.86. The van der Waals surface area contributed by atoms with Crippen LogP contribution in [-0.4, -0.2) is 22.0 Å². The fourth-order valence-electron chi connectivity index (χ4n) is 1.87. The maximum absolute atomic E-state index is 12.0. The van der Waals surface area contributed by atoms with Crippen molar-refractivity contribution in [1.82, 2.24) is 9.38 Å². The Bertz CT molecular complexity index is 605. The van der Waals surface area contributed by atoms with E-state index in [0.717, 1.165) is 16.9 Å². The summed E-state index contributed by atoms with van der Waals surface area (Å²) < 4.78 is 6.76. The predicted octanol–water partition coefficient (Wildman–Crippen LogP) is 3.04. The van der Waals surface area contributed by atoms with E-state index in [1.54, 1.807) is 17.5 Å². The zero-order valence-corrected chi connectivity index (χ0v) is 11.4. The lowest BCUT2D eigenvalue weighted by atomic mass is 10.2. The molecule has 96 valence electrons. The number of pyridine rings is 1. The molecule has 0 aliphatic rings. The molecule has 0 atom stereocenters. The van der Waals surface area contributed by atoms with E-state index in [-0.39, 0.29) is 5.97 Å². The van der Waals surface area contributed by atoms with E-state index in [2.05, 4.69) is 4.98 Å². The molecule has 2 heterocycles. The first kappa shape index (κ1) is 12.9. The monoisotopic (exact) mass is 266 g/mol. The van der Waals surface area contributed by atoms with Crippen LogP contribution in [0, 0.1) is 6.92 Å². The molecule has 0 aliphatic heterocycles. The Hall–Kier alpha value is -1.55. The van der Waals surface area contributed by atoms with Crippen molar-refractivity contribution in [2.45, 2.75) is 27.2 Å². The molecule has 2 aromatic heterocycles. The smallest absolute Gasteiger partial charge is 0.357 e. The molecule has 4 nitrogen and oxygen atoms in total. The van der Waals surface area contributed by atoms with Crippen LogP contribution < -0.4 is 0 Å². The van der Waals surface area contributed by atoms with Crippen molar-refractivity contribution in [3.63, 3.8) is 0 Å². The Morgan fingerprint density at radius 3 is 2.83 bits per heavy atom. The highest BCUT2D eigenvalue weighted by Crippen LogP contribution is 2.21. The van der Waals surface area contributed by atoms with E-state index in [0.29, 0.717) is 23.7 Å². The highest BCUT2D eigenvalue weighted by atomic mass is 35.5. The molecule has 0 amide bonds.